The molecular weight excluding hydrogens is 290 g/mol. The van der Waals surface area contributed by atoms with E-state index in [4.69, 9.17) is 4.42 Å². The van der Waals surface area contributed by atoms with Gasteiger partial charge in [0.2, 0.25) is 5.89 Å². The van der Waals surface area contributed by atoms with E-state index < -0.39 is 0 Å². The van der Waals surface area contributed by atoms with Gasteiger partial charge in [-0.1, -0.05) is 30.3 Å². The number of hydrogen-bond donors (Lipinski definition) is 2. The smallest absolute Gasteiger partial charge is 0.268 e. The highest BCUT2D eigenvalue weighted by molar-refractivity contribution is 5.98. The summed E-state index contributed by atoms with van der Waals surface area (Å²) in [6.45, 7) is 2.26. The molecule has 0 saturated heterocycles. The Hall–Kier alpha value is -3.08. The van der Waals surface area contributed by atoms with Gasteiger partial charge in [0.05, 0.1) is 6.54 Å². The van der Waals surface area contributed by atoms with Crippen molar-refractivity contribution in [1.82, 2.24) is 15.3 Å². The maximum Gasteiger partial charge on any atom is 0.268 e. The summed E-state index contributed by atoms with van der Waals surface area (Å²) < 4.78 is 5.60. The summed E-state index contributed by atoms with van der Waals surface area (Å²) in [5, 5.41) is 3.86. The average molecular weight is 305 g/mol. The zero-order valence-electron chi connectivity index (χ0n) is 12.6. The molecule has 2 aromatic carbocycles. The normalized spacial score (nSPS) is 11.2. The number of H-pyrrole nitrogens is 1. The Balaban J connectivity index is 1.53. The summed E-state index contributed by atoms with van der Waals surface area (Å²) in [6, 6.07) is 15.4. The molecular formula is C18H15N3O2. The number of carbonyl (C=O) groups excluding carboxylic acids is 1. The van der Waals surface area contributed by atoms with Crippen LogP contribution in [0.15, 0.2) is 52.9 Å². The Bertz CT molecular complexity index is 980. The van der Waals surface area contributed by atoms with E-state index in [1.165, 1.54) is 0 Å². The van der Waals surface area contributed by atoms with Crippen LogP contribution in [0.25, 0.3) is 22.0 Å². The average Bonchev–Trinajstić information content (AvgIpc) is 3.17. The molecule has 4 rings (SSSR count). The highest BCUT2D eigenvalue weighted by atomic mass is 16.3. The van der Waals surface area contributed by atoms with Crippen molar-refractivity contribution >= 4 is 27.9 Å². The van der Waals surface area contributed by atoms with Gasteiger partial charge in [0, 0.05) is 10.9 Å². The van der Waals surface area contributed by atoms with Crippen molar-refractivity contribution in [3.8, 4) is 0 Å². The molecule has 0 aliphatic carbocycles. The largest absolute Gasteiger partial charge is 0.439 e. The number of rotatable bonds is 3. The van der Waals surface area contributed by atoms with Gasteiger partial charge in [0.25, 0.3) is 5.91 Å². The van der Waals surface area contributed by atoms with Gasteiger partial charge in [-0.15, -0.1) is 0 Å². The van der Waals surface area contributed by atoms with E-state index in [9.17, 15) is 4.79 Å². The molecule has 0 saturated carbocycles. The van der Waals surface area contributed by atoms with Crippen molar-refractivity contribution in [1.29, 1.82) is 0 Å². The molecule has 2 aromatic heterocycles. The molecule has 2 heterocycles. The van der Waals surface area contributed by atoms with Crippen LogP contribution in [-0.4, -0.2) is 15.9 Å². The molecule has 23 heavy (non-hydrogen) atoms. The van der Waals surface area contributed by atoms with Crippen molar-refractivity contribution in [3.05, 3.63) is 65.7 Å². The third-order valence-corrected chi connectivity index (χ3v) is 3.85. The predicted molar refractivity (Wildman–Crippen MR) is 88.2 cm³/mol. The molecule has 1 amide bonds. The fourth-order valence-corrected chi connectivity index (χ4v) is 2.68. The van der Waals surface area contributed by atoms with Gasteiger partial charge in [-0.3, -0.25) is 4.79 Å². The lowest BCUT2D eigenvalue weighted by Gasteiger charge is -1.99. The second-order valence-electron chi connectivity index (χ2n) is 5.48. The lowest BCUT2D eigenvalue weighted by molar-refractivity contribution is 0.0943. The van der Waals surface area contributed by atoms with E-state index >= 15 is 0 Å². The molecule has 4 aromatic rings. The molecule has 0 atom stereocenters. The van der Waals surface area contributed by atoms with E-state index in [2.05, 4.69) is 15.3 Å². The van der Waals surface area contributed by atoms with Crippen molar-refractivity contribution < 1.29 is 9.21 Å². The maximum atomic E-state index is 12.3. The predicted octanol–water partition coefficient (Wildman–Crippen LogP) is 3.55. The Kier molecular flexibility index (Phi) is 3.12. The minimum atomic E-state index is -0.178. The van der Waals surface area contributed by atoms with Gasteiger partial charge >= 0.3 is 0 Å². The summed E-state index contributed by atoms with van der Waals surface area (Å²) in [4.78, 5) is 19.8. The summed E-state index contributed by atoms with van der Waals surface area (Å²) in [5.41, 5.74) is 4.14. The van der Waals surface area contributed by atoms with Crippen LogP contribution in [0.3, 0.4) is 0 Å². The number of para-hydroxylation sites is 3. The molecule has 0 unspecified atom stereocenters. The number of aromatic nitrogens is 2. The second-order valence-corrected chi connectivity index (χ2v) is 5.48. The number of nitrogens with zero attached hydrogens (tertiary/aromatic N) is 1. The van der Waals surface area contributed by atoms with Gasteiger partial charge in [0.15, 0.2) is 5.58 Å². The zero-order chi connectivity index (χ0) is 15.8. The van der Waals surface area contributed by atoms with Gasteiger partial charge in [-0.05, 0) is 30.7 Å². The summed E-state index contributed by atoms with van der Waals surface area (Å²) in [6.07, 6.45) is 0. The van der Waals surface area contributed by atoms with Crippen LogP contribution in [0.4, 0.5) is 0 Å². The summed E-state index contributed by atoms with van der Waals surface area (Å²) >= 11 is 0. The Morgan fingerprint density at radius 1 is 1.22 bits per heavy atom. The van der Waals surface area contributed by atoms with Crippen LogP contribution in [0, 0.1) is 6.92 Å². The van der Waals surface area contributed by atoms with Crippen LogP contribution in [0.1, 0.15) is 21.9 Å². The standard InChI is InChI=1S/C18H15N3O2/c1-11-5-4-6-12-9-14(21-17(11)12)18(22)19-10-16-20-13-7-2-3-8-15(13)23-16/h2-9,21H,10H2,1H3,(H,19,22). The first-order valence-corrected chi connectivity index (χ1v) is 7.42. The van der Waals surface area contributed by atoms with E-state index in [0.717, 1.165) is 27.6 Å². The minimum absolute atomic E-state index is 0.178. The van der Waals surface area contributed by atoms with Crippen LogP contribution < -0.4 is 5.32 Å². The molecule has 0 radical (unpaired) electrons. The van der Waals surface area contributed by atoms with Crippen molar-refractivity contribution in [2.45, 2.75) is 13.5 Å². The monoisotopic (exact) mass is 305 g/mol. The number of nitrogens with one attached hydrogen (secondary N) is 2. The second kappa shape index (κ2) is 5.28. The van der Waals surface area contributed by atoms with Crippen molar-refractivity contribution in [2.75, 3.05) is 0 Å². The van der Waals surface area contributed by atoms with Crippen molar-refractivity contribution in [3.63, 3.8) is 0 Å². The highest BCUT2D eigenvalue weighted by Crippen LogP contribution is 2.19. The van der Waals surface area contributed by atoms with E-state index in [0.29, 0.717) is 11.6 Å². The number of fused-ring (bicyclic) bond motifs is 2. The van der Waals surface area contributed by atoms with Crippen LogP contribution in [0.2, 0.25) is 0 Å². The number of amides is 1. The molecule has 0 spiro atoms. The lowest BCUT2D eigenvalue weighted by atomic mass is 10.2. The van der Waals surface area contributed by atoms with E-state index in [1.807, 2.05) is 55.5 Å². The molecule has 5 heteroatoms. The zero-order valence-corrected chi connectivity index (χ0v) is 12.6. The molecule has 5 nitrogen and oxygen atoms in total. The van der Waals surface area contributed by atoms with Crippen LogP contribution >= 0.6 is 0 Å². The third kappa shape index (κ3) is 2.46. The minimum Gasteiger partial charge on any atom is -0.439 e. The summed E-state index contributed by atoms with van der Waals surface area (Å²) in [7, 11) is 0. The first-order chi connectivity index (χ1) is 11.2. The van der Waals surface area contributed by atoms with Crippen molar-refractivity contribution in [2.24, 2.45) is 0 Å². The van der Waals surface area contributed by atoms with Crippen LogP contribution in [0.5, 0.6) is 0 Å². The SMILES string of the molecule is Cc1cccc2cc(C(=O)NCc3nc4ccccc4o3)[nH]c12. The number of benzene rings is 2. The van der Waals surface area contributed by atoms with Gasteiger partial charge < -0.3 is 14.7 Å². The Labute approximate surface area is 132 Å². The van der Waals surface area contributed by atoms with Gasteiger partial charge in [0.1, 0.15) is 11.2 Å². The molecule has 0 bridgehead atoms. The number of aromatic amines is 1. The number of carbonyl (C=O) groups is 1. The Morgan fingerprint density at radius 2 is 2.09 bits per heavy atom. The maximum absolute atomic E-state index is 12.3. The molecule has 0 fully saturated rings. The first-order valence-electron chi connectivity index (χ1n) is 7.42. The fraction of sp³-hybridized carbons (Fsp3) is 0.111. The third-order valence-electron chi connectivity index (χ3n) is 3.85. The molecule has 0 aliphatic rings. The van der Waals surface area contributed by atoms with E-state index in [1.54, 1.807) is 0 Å². The first kappa shape index (κ1) is 13.6. The van der Waals surface area contributed by atoms with Crippen LogP contribution in [-0.2, 0) is 6.54 Å². The topological polar surface area (TPSA) is 70.9 Å². The lowest BCUT2D eigenvalue weighted by Crippen LogP contribution is -2.23. The van der Waals surface area contributed by atoms with Gasteiger partial charge in [-0.25, -0.2) is 4.98 Å². The molecule has 2 N–H and O–H groups in total. The fourth-order valence-electron chi connectivity index (χ4n) is 2.68. The van der Waals surface area contributed by atoms with Gasteiger partial charge in [-0.2, -0.15) is 0 Å². The van der Waals surface area contributed by atoms with E-state index in [-0.39, 0.29) is 12.5 Å². The number of aryl methyl sites for hydroxylation is 1. The number of hydrogen-bond acceptors (Lipinski definition) is 3. The molecule has 114 valence electrons. The number of oxazole rings is 1. The Morgan fingerprint density at radius 3 is 2.91 bits per heavy atom. The highest BCUT2D eigenvalue weighted by Gasteiger charge is 2.12. The quantitative estimate of drug-likeness (QED) is 0.608. The summed E-state index contributed by atoms with van der Waals surface area (Å²) in [5.74, 6) is 0.315. The molecule has 0 aliphatic heterocycles.